The highest BCUT2D eigenvalue weighted by Crippen LogP contribution is 2.30. The quantitative estimate of drug-likeness (QED) is 0.284. The minimum Gasteiger partial charge on any atom is -0.547 e. The average Bonchev–Trinajstić information content (AvgIpc) is 2.62. The van der Waals surface area contributed by atoms with Gasteiger partial charge in [-0.1, -0.05) is 0 Å². The maximum atomic E-state index is 11.4. The Bertz CT molecular complexity index is 541. The Morgan fingerprint density at radius 3 is 1.81 bits per heavy atom. The summed E-state index contributed by atoms with van der Waals surface area (Å²) in [5, 5.41) is 60.7. The van der Waals surface area contributed by atoms with Gasteiger partial charge in [0.05, 0.1) is 5.97 Å². The van der Waals surface area contributed by atoms with Crippen molar-refractivity contribution in [2.75, 3.05) is 14.2 Å². The third kappa shape index (κ3) is 4.21. The molecule has 0 bridgehead atoms. The van der Waals surface area contributed by atoms with Crippen molar-refractivity contribution < 1.29 is 63.9 Å². The van der Waals surface area contributed by atoms with Crippen LogP contribution >= 0.6 is 0 Å². The van der Waals surface area contributed by atoms with Crippen LogP contribution in [0.4, 0.5) is 0 Å². The first-order chi connectivity index (χ1) is 12.6. The minimum atomic E-state index is -1.90. The van der Waals surface area contributed by atoms with Gasteiger partial charge in [-0.3, -0.25) is 0 Å². The molecule has 2 aliphatic rings. The van der Waals surface area contributed by atoms with E-state index >= 15 is 0 Å². The van der Waals surface area contributed by atoms with Crippen molar-refractivity contribution in [1.29, 1.82) is 0 Å². The molecule has 10 atom stereocenters. The largest absolute Gasteiger partial charge is 0.547 e. The van der Waals surface area contributed by atoms with Crippen LogP contribution in [0.25, 0.3) is 0 Å². The number of aliphatic carboxylic acids is 2. The Morgan fingerprint density at radius 1 is 0.815 bits per heavy atom. The molecule has 0 aliphatic carbocycles. The maximum absolute atomic E-state index is 11.4. The standard InChI is InChI=1S/C14H22O13/c1-23-7-3(15)6(18)14(27-9(7)11(19)20)25-8-4(16)5(17)13(24-2)26-10(8)12(21)22/h3-10,13-18H,1-2H3,(H,19,20)(H,21,22)/p-1/t3-,4-,5?,6?,7+,8+,9?,10?,13-,14-/m1/s1. The van der Waals surface area contributed by atoms with Crippen LogP contribution in [0.3, 0.4) is 0 Å². The van der Waals surface area contributed by atoms with Gasteiger partial charge in [-0.2, -0.15) is 0 Å². The summed E-state index contributed by atoms with van der Waals surface area (Å²) in [6.45, 7) is 0. The SMILES string of the molecule is CO[C@@H]1OC(C(=O)O)[C@@H](O[C@@H]2OC(C(=O)[O-])[C@@H](OC)[C@H](O)C2O)[C@H](O)C1O. The molecule has 0 aromatic heterocycles. The van der Waals surface area contributed by atoms with Crippen molar-refractivity contribution in [2.45, 2.75) is 61.4 Å². The van der Waals surface area contributed by atoms with Crippen LogP contribution in [0.2, 0.25) is 0 Å². The second-order valence-corrected chi connectivity index (χ2v) is 6.01. The smallest absolute Gasteiger partial charge is 0.335 e. The van der Waals surface area contributed by atoms with Gasteiger partial charge in [-0.15, -0.1) is 0 Å². The molecule has 0 saturated carbocycles. The van der Waals surface area contributed by atoms with E-state index in [0.717, 1.165) is 14.2 Å². The van der Waals surface area contributed by atoms with E-state index in [2.05, 4.69) is 0 Å². The van der Waals surface area contributed by atoms with Crippen molar-refractivity contribution >= 4 is 11.9 Å². The fraction of sp³-hybridized carbons (Fsp3) is 0.857. The summed E-state index contributed by atoms with van der Waals surface area (Å²) >= 11 is 0. The van der Waals surface area contributed by atoms with Crippen LogP contribution < -0.4 is 5.11 Å². The van der Waals surface area contributed by atoms with E-state index in [4.69, 9.17) is 23.7 Å². The third-order valence-corrected chi connectivity index (χ3v) is 4.36. The molecule has 2 rings (SSSR count). The number of carboxylic acid groups (broad SMARTS) is 2. The lowest BCUT2D eigenvalue weighted by atomic mass is 9.96. The number of methoxy groups -OCH3 is 2. The summed E-state index contributed by atoms with van der Waals surface area (Å²) in [5.41, 5.74) is 0. The molecule has 13 heteroatoms. The summed E-state index contributed by atoms with van der Waals surface area (Å²) in [5.74, 6) is -3.37. The van der Waals surface area contributed by atoms with Crippen molar-refractivity contribution in [1.82, 2.24) is 0 Å². The molecule has 0 spiro atoms. The molecular formula is C14H21O13-. The Kier molecular flexibility index (Phi) is 7.07. The topological polar surface area (TPSA) is 204 Å². The van der Waals surface area contributed by atoms with E-state index in [1.54, 1.807) is 0 Å². The summed E-state index contributed by atoms with van der Waals surface area (Å²) in [6, 6.07) is 0. The highest BCUT2D eigenvalue weighted by molar-refractivity contribution is 5.73. The summed E-state index contributed by atoms with van der Waals surface area (Å²) in [4.78, 5) is 22.6. The highest BCUT2D eigenvalue weighted by Gasteiger charge is 2.53. The van der Waals surface area contributed by atoms with Crippen LogP contribution in [-0.4, -0.2) is 113 Å². The molecule has 156 valence electrons. The van der Waals surface area contributed by atoms with E-state index in [0.29, 0.717) is 0 Å². The second kappa shape index (κ2) is 8.72. The highest BCUT2D eigenvalue weighted by atomic mass is 16.7. The fourth-order valence-corrected chi connectivity index (χ4v) is 2.94. The number of carbonyl (C=O) groups is 2. The minimum absolute atomic E-state index is 1.07. The zero-order chi connectivity index (χ0) is 20.5. The molecular weight excluding hydrogens is 376 g/mol. The van der Waals surface area contributed by atoms with Crippen molar-refractivity contribution in [2.24, 2.45) is 0 Å². The van der Waals surface area contributed by atoms with Crippen LogP contribution in [0.1, 0.15) is 0 Å². The number of carbonyl (C=O) groups excluding carboxylic acids is 1. The van der Waals surface area contributed by atoms with Gasteiger partial charge in [0.2, 0.25) is 0 Å². The lowest BCUT2D eigenvalue weighted by Gasteiger charge is -2.46. The van der Waals surface area contributed by atoms with Gasteiger partial charge in [0, 0.05) is 14.2 Å². The zero-order valence-corrected chi connectivity index (χ0v) is 14.3. The Morgan fingerprint density at radius 2 is 1.33 bits per heavy atom. The van der Waals surface area contributed by atoms with E-state index < -0.39 is 73.4 Å². The van der Waals surface area contributed by atoms with Crippen molar-refractivity contribution in [3.05, 3.63) is 0 Å². The number of hydrogen-bond acceptors (Lipinski definition) is 12. The predicted octanol–water partition coefficient (Wildman–Crippen LogP) is -5.24. The van der Waals surface area contributed by atoms with Gasteiger partial charge in [0.15, 0.2) is 18.7 Å². The van der Waals surface area contributed by atoms with Gasteiger partial charge >= 0.3 is 5.97 Å². The molecule has 0 aromatic rings. The number of aliphatic hydroxyl groups excluding tert-OH is 4. The summed E-state index contributed by atoms with van der Waals surface area (Å²) in [6.07, 6.45) is -17.6. The normalized spacial score (nSPS) is 45.4. The first-order valence-corrected chi connectivity index (χ1v) is 7.81. The molecule has 13 nitrogen and oxygen atoms in total. The predicted molar refractivity (Wildman–Crippen MR) is 76.7 cm³/mol. The lowest BCUT2D eigenvalue weighted by Crippen LogP contribution is -2.66. The molecule has 2 fully saturated rings. The van der Waals surface area contributed by atoms with Crippen LogP contribution in [0, 0.1) is 0 Å². The first kappa shape index (κ1) is 21.9. The van der Waals surface area contributed by atoms with Crippen molar-refractivity contribution in [3.63, 3.8) is 0 Å². The van der Waals surface area contributed by atoms with E-state index in [1.165, 1.54) is 0 Å². The first-order valence-electron chi connectivity index (χ1n) is 7.81. The third-order valence-electron chi connectivity index (χ3n) is 4.36. The molecule has 5 N–H and O–H groups in total. The fourth-order valence-electron chi connectivity index (χ4n) is 2.94. The summed E-state index contributed by atoms with van der Waals surface area (Å²) < 4.78 is 24.7. The van der Waals surface area contributed by atoms with E-state index in [1.807, 2.05) is 0 Å². The summed E-state index contributed by atoms with van der Waals surface area (Å²) in [7, 11) is 2.18. The van der Waals surface area contributed by atoms with E-state index in [-0.39, 0.29) is 0 Å². The Labute approximate surface area is 152 Å². The molecule has 0 amide bonds. The molecule has 2 heterocycles. The molecule has 2 aliphatic heterocycles. The number of hydrogen-bond donors (Lipinski definition) is 5. The molecule has 0 radical (unpaired) electrons. The van der Waals surface area contributed by atoms with Gasteiger partial charge in [-0.25, -0.2) is 4.79 Å². The second-order valence-electron chi connectivity index (χ2n) is 6.01. The number of aliphatic hydroxyl groups is 4. The zero-order valence-electron chi connectivity index (χ0n) is 14.3. The van der Waals surface area contributed by atoms with Crippen LogP contribution in [-0.2, 0) is 33.3 Å². The lowest BCUT2D eigenvalue weighted by molar-refractivity contribution is -0.369. The number of rotatable bonds is 6. The van der Waals surface area contributed by atoms with Crippen LogP contribution in [0.15, 0.2) is 0 Å². The van der Waals surface area contributed by atoms with Gasteiger partial charge in [0.25, 0.3) is 0 Å². The van der Waals surface area contributed by atoms with Gasteiger partial charge < -0.3 is 59.1 Å². The van der Waals surface area contributed by atoms with Gasteiger partial charge in [-0.05, 0) is 0 Å². The number of ether oxygens (including phenoxy) is 5. The molecule has 4 unspecified atom stereocenters. The number of carboxylic acids is 2. The average molecular weight is 397 g/mol. The monoisotopic (exact) mass is 397 g/mol. The maximum Gasteiger partial charge on any atom is 0.335 e. The van der Waals surface area contributed by atoms with E-state index in [9.17, 15) is 40.2 Å². The van der Waals surface area contributed by atoms with Crippen molar-refractivity contribution in [3.8, 4) is 0 Å². The van der Waals surface area contributed by atoms with Gasteiger partial charge in [0.1, 0.15) is 42.7 Å². The van der Waals surface area contributed by atoms with Crippen LogP contribution in [0.5, 0.6) is 0 Å². The molecule has 27 heavy (non-hydrogen) atoms. The Balaban J connectivity index is 2.24. The molecule has 0 aromatic carbocycles. The Hall–Kier alpha value is -1.42. The molecule has 2 saturated heterocycles.